The molecule has 0 spiro atoms. The molecule has 0 rings (SSSR count). The van der Waals surface area contributed by atoms with Gasteiger partial charge in [-0.3, -0.25) is 0 Å². The summed E-state index contributed by atoms with van der Waals surface area (Å²) in [5, 5.41) is 15.1. The zero-order chi connectivity index (χ0) is 14.0. The molecule has 0 fully saturated rings. The molecule has 0 saturated heterocycles. The number of amidine groups is 1. The molecule has 0 aliphatic carbocycles. The van der Waals surface area contributed by atoms with E-state index in [1.54, 1.807) is 0 Å². The van der Waals surface area contributed by atoms with Gasteiger partial charge in [-0.05, 0) is 33.2 Å². The van der Waals surface area contributed by atoms with Gasteiger partial charge in [0.05, 0.1) is 12.7 Å². The van der Waals surface area contributed by atoms with Gasteiger partial charge in [0.15, 0.2) is 0 Å². The number of rotatable bonds is 10. The summed E-state index contributed by atoms with van der Waals surface area (Å²) in [6.07, 6.45) is 3.37. The third-order valence-corrected chi connectivity index (χ3v) is 2.94. The zero-order valence-electron chi connectivity index (χ0n) is 12.2. The maximum Gasteiger partial charge on any atom is 0.144 e. The normalized spacial score (nSPS) is 13.3. The molecule has 4 N–H and O–H groups in total. The van der Waals surface area contributed by atoms with Crippen molar-refractivity contribution in [2.75, 3.05) is 19.7 Å². The molecule has 0 bridgehead atoms. The van der Waals surface area contributed by atoms with Crippen molar-refractivity contribution in [3.05, 3.63) is 0 Å². The number of hydrogen-bond acceptors (Lipinski definition) is 4. The Hall–Kier alpha value is -0.810. The van der Waals surface area contributed by atoms with Crippen molar-refractivity contribution in [1.29, 1.82) is 0 Å². The van der Waals surface area contributed by atoms with E-state index in [1.165, 1.54) is 0 Å². The van der Waals surface area contributed by atoms with E-state index in [4.69, 9.17) is 15.7 Å². The highest BCUT2D eigenvalue weighted by Crippen LogP contribution is 2.22. The highest BCUT2D eigenvalue weighted by Gasteiger charge is 2.22. The second-order valence-electron chi connectivity index (χ2n) is 5.50. The standard InChI is InChI=1S/C13H29N3O2/c1-11(2)18-10-9-15-8-6-5-7-13(3,4)12(14)16-17/h11,15,17H,5-10H2,1-4H3,(H2,14,16). The molecule has 0 radical (unpaired) electrons. The Labute approximate surface area is 111 Å². The molecule has 0 heterocycles. The summed E-state index contributed by atoms with van der Waals surface area (Å²) < 4.78 is 5.43. The third-order valence-electron chi connectivity index (χ3n) is 2.94. The number of oxime groups is 1. The summed E-state index contributed by atoms with van der Waals surface area (Å²) in [6.45, 7) is 10.7. The largest absolute Gasteiger partial charge is 0.409 e. The first-order valence-corrected chi connectivity index (χ1v) is 6.70. The Balaban J connectivity index is 3.46. The van der Waals surface area contributed by atoms with Crippen molar-refractivity contribution >= 4 is 5.84 Å². The smallest absolute Gasteiger partial charge is 0.144 e. The highest BCUT2D eigenvalue weighted by molar-refractivity contribution is 5.85. The minimum absolute atomic E-state index is 0.227. The van der Waals surface area contributed by atoms with Crippen LogP contribution in [0.3, 0.4) is 0 Å². The Morgan fingerprint density at radius 1 is 1.33 bits per heavy atom. The Kier molecular flexibility index (Phi) is 8.75. The van der Waals surface area contributed by atoms with Gasteiger partial charge < -0.3 is 21.0 Å². The zero-order valence-corrected chi connectivity index (χ0v) is 12.2. The highest BCUT2D eigenvalue weighted by atomic mass is 16.5. The lowest BCUT2D eigenvalue weighted by Gasteiger charge is -2.22. The fourth-order valence-electron chi connectivity index (χ4n) is 1.57. The summed E-state index contributed by atoms with van der Waals surface area (Å²) >= 11 is 0. The number of nitrogens with two attached hydrogens (primary N) is 1. The van der Waals surface area contributed by atoms with Gasteiger partial charge in [-0.2, -0.15) is 0 Å². The molecule has 0 aromatic rings. The van der Waals surface area contributed by atoms with Gasteiger partial charge in [-0.1, -0.05) is 25.4 Å². The molecule has 0 saturated carbocycles. The van der Waals surface area contributed by atoms with Crippen LogP contribution in [0.4, 0.5) is 0 Å². The molecule has 0 amide bonds. The molecule has 0 aliphatic heterocycles. The van der Waals surface area contributed by atoms with Crippen molar-refractivity contribution in [3.63, 3.8) is 0 Å². The van der Waals surface area contributed by atoms with Crippen LogP contribution in [0.5, 0.6) is 0 Å². The van der Waals surface area contributed by atoms with Gasteiger partial charge in [-0.25, -0.2) is 0 Å². The molecule has 0 aromatic heterocycles. The van der Waals surface area contributed by atoms with E-state index in [-0.39, 0.29) is 5.41 Å². The third kappa shape index (κ3) is 8.31. The van der Waals surface area contributed by atoms with Crippen LogP contribution in [0.25, 0.3) is 0 Å². The molecule has 18 heavy (non-hydrogen) atoms. The van der Waals surface area contributed by atoms with E-state index in [2.05, 4.69) is 10.5 Å². The quantitative estimate of drug-likeness (QED) is 0.184. The number of hydrogen-bond donors (Lipinski definition) is 3. The van der Waals surface area contributed by atoms with Crippen LogP contribution in [0.1, 0.15) is 47.0 Å². The van der Waals surface area contributed by atoms with Gasteiger partial charge in [0.1, 0.15) is 5.84 Å². The monoisotopic (exact) mass is 259 g/mol. The van der Waals surface area contributed by atoms with Gasteiger partial charge in [0.25, 0.3) is 0 Å². The second-order valence-corrected chi connectivity index (χ2v) is 5.50. The minimum atomic E-state index is -0.227. The van der Waals surface area contributed by atoms with Gasteiger partial charge in [-0.15, -0.1) is 0 Å². The van der Waals surface area contributed by atoms with E-state index >= 15 is 0 Å². The van der Waals surface area contributed by atoms with Crippen LogP contribution in [-0.4, -0.2) is 36.8 Å². The molecule has 0 atom stereocenters. The fourth-order valence-corrected chi connectivity index (χ4v) is 1.57. The molecule has 0 unspecified atom stereocenters. The molecule has 108 valence electrons. The summed E-state index contributed by atoms with van der Waals surface area (Å²) in [6, 6.07) is 0. The van der Waals surface area contributed by atoms with E-state index in [0.717, 1.165) is 39.0 Å². The lowest BCUT2D eigenvalue weighted by molar-refractivity contribution is 0.0808. The first kappa shape index (κ1) is 17.2. The summed E-state index contributed by atoms with van der Waals surface area (Å²) in [5.41, 5.74) is 5.40. The lowest BCUT2D eigenvalue weighted by atomic mass is 9.86. The fraction of sp³-hybridized carbons (Fsp3) is 0.923. The predicted octanol–water partition coefficient (Wildman–Crippen LogP) is 1.94. The minimum Gasteiger partial charge on any atom is -0.409 e. The van der Waals surface area contributed by atoms with Crippen molar-refractivity contribution in [1.82, 2.24) is 5.32 Å². The SMILES string of the molecule is CC(C)OCCNCCCCC(C)(C)C(N)=NO. The molecule has 5 heteroatoms. The molecule has 0 aromatic carbocycles. The van der Waals surface area contributed by atoms with E-state index in [0.29, 0.717) is 11.9 Å². The van der Waals surface area contributed by atoms with Crippen LogP contribution >= 0.6 is 0 Å². The Bertz CT molecular complexity index is 240. The summed E-state index contributed by atoms with van der Waals surface area (Å²) in [5.74, 6) is 0.306. The summed E-state index contributed by atoms with van der Waals surface area (Å²) in [7, 11) is 0. The summed E-state index contributed by atoms with van der Waals surface area (Å²) in [4.78, 5) is 0. The van der Waals surface area contributed by atoms with Crippen molar-refractivity contribution in [2.24, 2.45) is 16.3 Å². The first-order valence-electron chi connectivity index (χ1n) is 6.70. The molecular formula is C13H29N3O2. The molecular weight excluding hydrogens is 230 g/mol. The van der Waals surface area contributed by atoms with E-state index in [1.807, 2.05) is 27.7 Å². The maximum atomic E-state index is 8.65. The van der Waals surface area contributed by atoms with Gasteiger partial charge in [0, 0.05) is 12.0 Å². The van der Waals surface area contributed by atoms with Gasteiger partial charge in [0.2, 0.25) is 0 Å². The van der Waals surface area contributed by atoms with Crippen molar-refractivity contribution in [2.45, 2.75) is 53.1 Å². The van der Waals surface area contributed by atoms with E-state index < -0.39 is 0 Å². The second kappa shape index (κ2) is 9.16. The molecule has 5 nitrogen and oxygen atoms in total. The van der Waals surface area contributed by atoms with Gasteiger partial charge >= 0.3 is 0 Å². The van der Waals surface area contributed by atoms with Crippen molar-refractivity contribution < 1.29 is 9.94 Å². The molecule has 0 aliphatic rings. The van der Waals surface area contributed by atoms with Crippen LogP contribution in [0.2, 0.25) is 0 Å². The Morgan fingerprint density at radius 2 is 2.00 bits per heavy atom. The average Bonchev–Trinajstić information content (AvgIpc) is 2.30. The van der Waals surface area contributed by atoms with Crippen LogP contribution in [-0.2, 0) is 4.74 Å². The number of nitrogens with zero attached hydrogens (tertiary/aromatic N) is 1. The topological polar surface area (TPSA) is 79.9 Å². The first-order chi connectivity index (χ1) is 8.40. The van der Waals surface area contributed by atoms with E-state index in [9.17, 15) is 0 Å². The lowest BCUT2D eigenvalue weighted by Crippen LogP contribution is -2.32. The average molecular weight is 259 g/mol. The van der Waals surface area contributed by atoms with Crippen LogP contribution in [0.15, 0.2) is 5.16 Å². The van der Waals surface area contributed by atoms with Crippen LogP contribution in [0, 0.1) is 5.41 Å². The number of ether oxygens (including phenoxy) is 1. The Morgan fingerprint density at radius 3 is 2.56 bits per heavy atom. The van der Waals surface area contributed by atoms with Crippen LogP contribution < -0.4 is 11.1 Å². The number of nitrogens with one attached hydrogen (secondary N) is 1. The maximum absolute atomic E-state index is 8.65. The number of unbranched alkanes of at least 4 members (excludes halogenated alkanes) is 1. The van der Waals surface area contributed by atoms with Crippen molar-refractivity contribution in [3.8, 4) is 0 Å². The predicted molar refractivity (Wildman–Crippen MR) is 75.0 cm³/mol.